The predicted molar refractivity (Wildman–Crippen MR) is 76.6 cm³/mol. The van der Waals surface area contributed by atoms with Gasteiger partial charge < -0.3 is 9.73 Å². The number of amides is 1. The Hall–Kier alpha value is -1.08. The van der Waals surface area contributed by atoms with Crippen LogP contribution in [0.2, 0.25) is 5.02 Å². The zero-order valence-corrected chi connectivity index (χ0v) is 12.4. The second-order valence-electron chi connectivity index (χ2n) is 3.68. The second-order valence-corrected chi connectivity index (χ2v) is 5.25. The van der Waals surface area contributed by atoms with Gasteiger partial charge in [-0.3, -0.25) is 4.79 Å². The zero-order chi connectivity index (χ0) is 13.1. The molecular formula is C12H10ClIN2O2. The van der Waals surface area contributed by atoms with Crippen molar-refractivity contribution in [2.24, 2.45) is 0 Å². The van der Waals surface area contributed by atoms with E-state index in [2.05, 4.69) is 32.9 Å². The Kier molecular flexibility index (Phi) is 4.23. The number of benzene rings is 1. The lowest BCUT2D eigenvalue weighted by Crippen LogP contribution is -2.22. The first-order valence-electron chi connectivity index (χ1n) is 5.21. The van der Waals surface area contributed by atoms with Crippen LogP contribution >= 0.6 is 34.2 Å². The minimum atomic E-state index is -0.204. The molecule has 18 heavy (non-hydrogen) atoms. The fourth-order valence-electron chi connectivity index (χ4n) is 1.38. The molecule has 0 bridgehead atoms. The quantitative estimate of drug-likeness (QED) is 0.837. The molecule has 2 aromatic rings. The van der Waals surface area contributed by atoms with Gasteiger partial charge in [0.2, 0.25) is 5.89 Å². The summed E-state index contributed by atoms with van der Waals surface area (Å²) in [7, 11) is 0. The molecule has 0 unspecified atom stereocenters. The van der Waals surface area contributed by atoms with E-state index in [0.717, 1.165) is 9.33 Å². The summed E-state index contributed by atoms with van der Waals surface area (Å²) in [6, 6.07) is 5.16. The Labute approximate surface area is 123 Å². The SMILES string of the molecule is Cc1cnc(CNC(=O)c2ccc(I)c(Cl)c2)o1. The number of hydrogen-bond donors (Lipinski definition) is 1. The lowest BCUT2D eigenvalue weighted by molar-refractivity contribution is 0.0947. The van der Waals surface area contributed by atoms with Crippen molar-refractivity contribution in [2.45, 2.75) is 13.5 Å². The van der Waals surface area contributed by atoms with Crippen LogP contribution in [0, 0.1) is 10.5 Å². The largest absolute Gasteiger partial charge is 0.444 e. The van der Waals surface area contributed by atoms with Gasteiger partial charge in [0.25, 0.3) is 5.91 Å². The van der Waals surface area contributed by atoms with Gasteiger partial charge in [-0.15, -0.1) is 0 Å². The Morgan fingerprint density at radius 2 is 2.33 bits per heavy atom. The van der Waals surface area contributed by atoms with Gasteiger partial charge in [-0.1, -0.05) is 11.6 Å². The Bertz CT molecular complexity index is 583. The first-order chi connectivity index (χ1) is 8.56. The molecule has 0 aliphatic carbocycles. The van der Waals surface area contributed by atoms with Crippen molar-refractivity contribution in [1.29, 1.82) is 0 Å². The van der Waals surface area contributed by atoms with Crippen LogP contribution < -0.4 is 5.32 Å². The van der Waals surface area contributed by atoms with Crippen molar-refractivity contribution in [3.05, 3.63) is 50.2 Å². The molecule has 0 fully saturated rings. The van der Waals surface area contributed by atoms with Crippen LogP contribution in [0.3, 0.4) is 0 Å². The third kappa shape index (κ3) is 3.23. The fraction of sp³-hybridized carbons (Fsp3) is 0.167. The molecule has 6 heteroatoms. The standard InChI is InChI=1S/C12H10ClIN2O2/c1-7-5-15-11(18-7)6-16-12(17)8-2-3-10(14)9(13)4-8/h2-5H,6H2,1H3,(H,16,17). The van der Waals surface area contributed by atoms with Crippen LogP contribution in [0.4, 0.5) is 0 Å². The van der Waals surface area contributed by atoms with Crippen LogP contribution in [0.1, 0.15) is 22.0 Å². The number of halogens is 2. The second kappa shape index (κ2) is 5.71. The minimum Gasteiger partial charge on any atom is -0.444 e. The summed E-state index contributed by atoms with van der Waals surface area (Å²) in [4.78, 5) is 15.9. The molecule has 0 spiro atoms. The highest BCUT2D eigenvalue weighted by molar-refractivity contribution is 14.1. The van der Waals surface area contributed by atoms with Crippen molar-refractivity contribution >= 4 is 40.1 Å². The minimum absolute atomic E-state index is 0.204. The van der Waals surface area contributed by atoms with Gasteiger partial charge >= 0.3 is 0 Å². The Balaban J connectivity index is 2.01. The van der Waals surface area contributed by atoms with Crippen molar-refractivity contribution in [3.63, 3.8) is 0 Å². The van der Waals surface area contributed by atoms with Gasteiger partial charge in [0.1, 0.15) is 5.76 Å². The monoisotopic (exact) mass is 376 g/mol. The summed E-state index contributed by atoms with van der Waals surface area (Å²) in [6.45, 7) is 2.06. The van der Waals surface area contributed by atoms with Crippen LogP contribution in [-0.2, 0) is 6.54 Å². The lowest BCUT2D eigenvalue weighted by atomic mass is 10.2. The van der Waals surface area contributed by atoms with Crippen molar-refractivity contribution in [1.82, 2.24) is 10.3 Å². The Morgan fingerprint density at radius 3 is 2.94 bits per heavy atom. The van der Waals surface area contributed by atoms with Gasteiger partial charge in [0.15, 0.2) is 0 Å². The van der Waals surface area contributed by atoms with Gasteiger partial charge in [-0.2, -0.15) is 0 Å². The van der Waals surface area contributed by atoms with Crippen molar-refractivity contribution in [3.8, 4) is 0 Å². The molecule has 94 valence electrons. The van der Waals surface area contributed by atoms with E-state index in [1.165, 1.54) is 0 Å². The van der Waals surface area contributed by atoms with Gasteiger partial charge in [-0.25, -0.2) is 4.98 Å². The number of carbonyl (C=O) groups excluding carboxylic acids is 1. The van der Waals surface area contributed by atoms with Crippen LogP contribution in [0.25, 0.3) is 0 Å². The maximum atomic E-state index is 11.8. The third-order valence-electron chi connectivity index (χ3n) is 2.25. The summed E-state index contributed by atoms with van der Waals surface area (Å²) in [6.07, 6.45) is 1.61. The summed E-state index contributed by atoms with van der Waals surface area (Å²) in [5.74, 6) is 0.998. The molecule has 4 nitrogen and oxygen atoms in total. The number of nitrogens with one attached hydrogen (secondary N) is 1. The molecule has 1 heterocycles. The molecule has 1 aromatic carbocycles. The van der Waals surface area contributed by atoms with E-state index in [0.29, 0.717) is 16.5 Å². The average molecular weight is 377 g/mol. The number of carbonyl (C=O) groups is 1. The van der Waals surface area contributed by atoms with E-state index in [4.69, 9.17) is 16.0 Å². The van der Waals surface area contributed by atoms with E-state index in [1.807, 2.05) is 0 Å². The number of oxazole rings is 1. The normalized spacial score (nSPS) is 10.4. The topological polar surface area (TPSA) is 55.1 Å². The fourth-order valence-corrected chi connectivity index (χ4v) is 1.89. The molecule has 0 radical (unpaired) electrons. The number of rotatable bonds is 3. The molecule has 1 N–H and O–H groups in total. The lowest BCUT2D eigenvalue weighted by Gasteiger charge is -2.04. The molecule has 0 atom stereocenters. The van der Waals surface area contributed by atoms with Crippen LogP contribution in [-0.4, -0.2) is 10.9 Å². The maximum absolute atomic E-state index is 11.8. The molecule has 0 saturated heterocycles. The molecule has 0 aliphatic rings. The zero-order valence-electron chi connectivity index (χ0n) is 9.54. The summed E-state index contributed by atoms with van der Waals surface area (Å²) < 4.78 is 6.17. The van der Waals surface area contributed by atoms with E-state index in [9.17, 15) is 4.79 Å². The number of hydrogen-bond acceptors (Lipinski definition) is 3. The number of aryl methyl sites for hydroxylation is 1. The highest BCUT2D eigenvalue weighted by atomic mass is 127. The van der Waals surface area contributed by atoms with Gasteiger partial charge in [-0.05, 0) is 47.7 Å². The molecule has 0 aliphatic heterocycles. The van der Waals surface area contributed by atoms with E-state index in [1.54, 1.807) is 31.3 Å². The third-order valence-corrected chi connectivity index (χ3v) is 3.82. The molecule has 2 rings (SSSR count). The van der Waals surface area contributed by atoms with Crippen LogP contribution in [0.15, 0.2) is 28.8 Å². The van der Waals surface area contributed by atoms with E-state index >= 15 is 0 Å². The van der Waals surface area contributed by atoms with Crippen LogP contribution in [0.5, 0.6) is 0 Å². The Morgan fingerprint density at radius 1 is 1.56 bits per heavy atom. The molecule has 1 aromatic heterocycles. The first kappa shape index (κ1) is 13.4. The van der Waals surface area contributed by atoms with Crippen molar-refractivity contribution < 1.29 is 9.21 Å². The smallest absolute Gasteiger partial charge is 0.251 e. The average Bonchev–Trinajstić information content (AvgIpc) is 2.75. The highest BCUT2D eigenvalue weighted by Crippen LogP contribution is 2.19. The predicted octanol–water partition coefficient (Wildman–Crippen LogP) is 3.17. The first-order valence-corrected chi connectivity index (χ1v) is 6.66. The summed E-state index contributed by atoms with van der Waals surface area (Å²) in [5, 5.41) is 3.28. The summed E-state index contributed by atoms with van der Waals surface area (Å²) >= 11 is 8.07. The van der Waals surface area contributed by atoms with E-state index < -0.39 is 0 Å². The maximum Gasteiger partial charge on any atom is 0.251 e. The van der Waals surface area contributed by atoms with E-state index in [-0.39, 0.29) is 12.5 Å². The number of nitrogens with zero attached hydrogens (tertiary/aromatic N) is 1. The summed E-state index contributed by atoms with van der Waals surface area (Å²) in [5.41, 5.74) is 0.517. The van der Waals surface area contributed by atoms with Gasteiger partial charge in [0, 0.05) is 9.13 Å². The number of aromatic nitrogens is 1. The van der Waals surface area contributed by atoms with Crippen molar-refractivity contribution in [2.75, 3.05) is 0 Å². The van der Waals surface area contributed by atoms with Gasteiger partial charge in [0.05, 0.1) is 17.8 Å². The molecular weight excluding hydrogens is 367 g/mol. The molecule has 0 saturated carbocycles. The molecule has 1 amide bonds. The highest BCUT2D eigenvalue weighted by Gasteiger charge is 2.09.